The van der Waals surface area contributed by atoms with E-state index in [-0.39, 0.29) is 5.92 Å². The van der Waals surface area contributed by atoms with Gasteiger partial charge in [0.15, 0.2) is 0 Å². The van der Waals surface area contributed by atoms with E-state index >= 15 is 0 Å². The molecule has 12 heavy (non-hydrogen) atoms. The number of primary amides is 1. The summed E-state index contributed by atoms with van der Waals surface area (Å²) in [7, 11) is 0. The van der Waals surface area contributed by atoms with Crippen molar-refractivity contribution in [1.29, 1.82) is 0 Å². The molecule has 0 bridgehead atoms. The molecule has 0 saturated heterocycles. The van der Waals surface area contributed by atoms with Crippen molar-refractivity contribution in [2.24, 2.45) is 16.8 Å². The predicted molar refractivity (Wildman–Crippen MR) is 45.3 cm³/mol. The summed E-state index contributed by atoms with van der Waals surface area (Å²) >= 11 is 0. The first-order valence-electron chi connectivity index (χ1n) is 3.59. The van der Waals surface area contributed by atoms with Gasteiger partial charge in [0.25, 0.3) is 0 Å². The lowest BCUT2D eigenvalue weighted by molar-refractivity contribution is -0.137. The summed E-state index contributed by atoms with van der Waals surface area (Å²) in [4.78, 5) is 20.8. The van der Waals surface area contributed by atoms with Gasteiger partial charge in [-0.3, -0.25) is 9.59 Å². The summed E-state index contributed by atoms with van der Waals surface area (Å²) in [5.41, 5.74) is 7.46. The Morgan fingerprint density at radius 2 is 1.92 bits per heavy atom. The molecular weight excluding hydrogens is 158 g/mol. The lowest BCUT2D eigenvalue weighted by Gasteiger charge is -2.02. The first kappa shape index (κ1) is 10.6. The van der Waals surface area contributed by atoms with Gasteiger partial charge < -0.3 is 5.73 Å². The Balaban J connectivity index is 4.05. The van der Waals surface area contributed by atoms with Crippen LogP contribution in [0.5, 0.6) is 0 Å². The van der Waals surface area contributed by atoms with Gasteiger partial charge in [0, 0.05) is 5.71 Å². The molecule has 0 aliphatic rings. The molecule has 0 aromatic carbocycles. The van der Waals surface area contributed by atoms with Crippen LogP contribution in [0.1, 0.15) is 20.8 Å². The van der Waals surface area contributed by atoms with Gasteiger partial charge in [-0.15, -0.1) is 0 Å². The number of nitrogens with one attached hydrogen (secondary N) is 1. The van der Waals surface area contributed by atoms with E-state index < -0.39 is 11.8 Å². The fourth-order valence-electron chi connectivity index (χ4n) is 0.323. The fourth-order valence-corrected chi connectivity index (χ4v) is 0.323. The minimum atomic E-state index is -1.03. The highest BCUT2D eigenvalue weighted by atomic mass is 16.2. The summed E-state index contributed by atoms with van der Waals surface area (Å²) in [6, 6.07) is 0. The van der Waals surface area contributed by atoms with Crippen LogP contribution in [0, 0.1) is 5.92 Å². The highest BCUT2D eigenvalue weighted by Gasteiger charge is 2.06. The van der Waals surface area contributed by atoms with E-state index in [1.165, 1.54) is 0 Å². The van der Waals surface area contributed by atoms with Crippen LogP contribution in [0.25, 0.3) is 0 Å². The third-order valence-corrected chi connectivity index (χ3v) is 1.39. The van der Waals surface area contributed by atoms with E-state index in [1.54, 1.807) is 6.92 Å². The van der Waals surface area contributed by atoms with Crippen LogP contribution in [0.2, 0.25) is 0 Å². The number of nitrogens with two attached hydrogens (primary N) is 1. The van der Waals surface area contributed by atoms with Crippen molar-refractivity contribution in [3.05, 3.63) is 0 Å². The lowest BCUT2D eigenvalue weighted by Crippen LogP contribution is -2.33. The van der Waals surface area contributed by atoms with Gasteiger partial charge in [0.1, 0.15) is 0 Å². The zero-order chi connectivity index (χ0) is 9.72. The molecule has 0 aliphatic heterocycles. The van der Waals surface area contributed by atoms with Crippen molar-refractivity contribution in [3.63, 3.8) is 0 Å². The summed E-state index contributed by atoms with van der Waals surface area (Å²) < 4.78 is 0. The van der Waals surface area contributed by atoms with Gasteiger partial charge in [-0.1, -0.05) is 13.8 Å². The van der Waals surface area contributed by atoms with Gasteiger partial charge in [-0.25, -0.2) is 5.43 Å². The van der Waals surface area contributed by atoms with Gasteiger partial charge in [-0.05, 0) is 12.8 Å². The highest BCUT2D eigenvalue weighted by Crippen LogP contribution is 1.93. The van der Waals surface area contributed by atoms with E-state index in [0.717, 1.165) is 5.71 Å². The van der Waals surface area contributed by atoms with Gasteiger partial charge in [0.05, 0.1) is 0 Å². The van der Waals surface area contributed by atoms with E-state index in [0.29, 0.717) is 0 Å². The second-order valence-corrected chi connectivity index (χ2v) is 2.71. The zero-order valence-corrected chi connectivity index (χ0v) is 7.42. The third-order valence-electron chi connectivity index (χ3n) is 1.39. The van der Waals surface area contributed by atoms with Crippen LogP contribution in [0.4, 0.5) is 0 Å². The fraction of sp³-hybridized carbons (Fsp3) is 0.571. The first-order chi connectivity index (χ1) is 5.45. The van der Waals surface area contributed by atoms with Crippen molar-refractivity contribution in [2.45, 2.75) is 20.8 Å². The molecule has 0 aliphatic carbocycles. The monoisotopic (exact) mass is 171 g/mol. The molecule has 0 aromatic rings. The Hall–Kier alpha value is -1.39. The predicted octanol–water partition coefficient (Wildman–Crippen LogP) is -0.380. The molecule has 0 radical (unpaired) electrons. The summed E-state index contributed by atoms with van der Waals surface area (Å²) in [5, 5.41) is 3.66. The molecule has 0 heterocycles. The van der Waals surface area contributed by atoms with Crippen molar-refractivity contribution >= 4 is 17.5 Å². The number of rotatable bonds is 2. The van der Waals surface area contributed by atoms with Gasteiger partial charge >= 0.3 is 11.8 Å². The van der Waals surface area contributed by atoms with E-state index in [2.05, 4.69) is 10.8 Å². The molecule has 0 atom stereocenters. The molecule has 5 nitrogen and oxygen atoms in total. The zero-order valence-electron chi connectivity index (χ0n) is 7.42. The van der Waals surface area contributed by atoms with Crippen LogP contribution in [-0.2, 0) is 9.59 Å². The van der Waals surface area contributed by atoms with E-state index in [1.807, 2.05) is 19.3 Å². The summed E-state index contributed by atoms with van der Waals surface area (Å²) in [5.74, 6) is -1.69. The molecule has 0 unspecified atom stereocenters. The molecule has 2 amide bonds. The summed E-state index contributed by atoms with van der Waals surface area (Å²) in [6.45, 7) is 5.61. The maximum Gasteiger partial charge on any atom is 0.329 e. The van der Waals surface area contributed by atoms with Crippen molar-refractivity contribution in [3.8, 4) is 0 Å². The molecule has 5 heteroatoms. The number of hydrogen-bond acceptors (Lipinski definition) is 3. The lowest BCUT2D eigenvalue weighted by atomic mass is 10.1. The minimum absolute atomic E-state index is 0.234. The van der Waals surface area contributed by atoms with Gasteiger partial charge in [0.2, 0.25) is 0 Å². The molecule has 0 rings (SSSR count). The molecular formula is C7H13N3O2. The quantitative estimate of drug-likeness (QED) is 0.337. The number of carbonyl (C=O) groups excluding carboxylic acids is 2. The number of hydrazone groups is 1. The van der Waals surface area contributed by atoms with Crippen LogP contribution < -0.4 is 11.2 Å². The number of hydrogen-bond donors (Lipinski definition) is 2. The number of carbonyl (C=O) groups is 2. The standard InChI is InChI=1S/C7H13N3O2/c1-4(2)5(3)9-10-7(12)6(8)11/h4H,1-3H3,(H2,8,11)(H,10,12). The second kappa shape index (κ2) is 4.48. The Morgan fingerprint density at radius 3 is 2.25 bits per heavy atom. The van der Waals surface area contributed by atoms with E-state index in [9.17, 15) is 9.59 Å². The first-order valence-corrected chi connectivity index (χ1v) is 3.59. The smallest absolute Gasteiger partial charge is 0.329 e. The van der Waals surface area contributed by atoms with Crippen molar-refractivity contribution in [1.82, 2.24) is 5.43 Å². The maximum atomic E-state index is 10.6. The van der Waals surface area contributed by atoms with Crippen LogP contribution in [-0.4, -0.2) is 17.5 Å². The molecule has 0 spiro atoms. The topological polar surface area (TPSA) is 84.6 Å². The number of amides is 2. The van der Waals surface area contributed by atoms with E-state index in [4.69, 9.17) is 0 Å². The average molecular weight is 171 g/mol. The molecule has 0 aromatic heterocycles. The largest absolute Gasteiger partial charge is 0.361 e. The summed E-state index contributed by atoms with van der Waals surface area (Å²) in [6.07, 6.45) is 0. The Kier molecular flexibility index (Phi) is 3.96. The van der Waals surface area contributed by atoms with Crippen LogP contribution in [0.3, 0.4) is 0 Å². The van der Waals surface area contributed by atoms with Crippen LogP contribution in [0.15, 0.2) is 5.10 Å². The number of nitrogens with zero attached hydrogens (tertiary/aromatic N) is 1. The Bertz CT molecular complexity index is 221. The third kappa shape index (κ3) is 3.70. The molecule has 0 saturated carbocycles. The highest BCUT2D eigenvalue weighted by molar-refractivity contribution is 6.34. The average Bonchev–Trinajstić information content (AvgIpc) is 1.98. The SMILES string of the molecule is CC(=NNC(=O)C(N)=O)C(C)C. The Labute approximate surface area is 71.0 Å². The molecule has 3 N–H and O–H groups in total. The molecule has 0 fully saturated rings. The molecule has 68 valence electrons. The minimum Gasteiger partial charge on any atom is -0.361 e. The van der Waals surface area contributed by atoms with Gasteiger partial charge in [-0.2, -0.15) is 5.10 Å². The normalized spacial score (nSPS) is 11.5. The second-order valence-electron chi connectivity index (χ2n) is 2.71. The van der Waals surface area contributed by atoms with Crippen molar-refractivity contribution in [2.75, 3.05) is 0 Å². The Morgan fingerprint density at radius 1 is 1.42 bits per heavy atom. The maximum absolute atomic E-state index is 10.6. The van der Waals surface area contributed by atoms with Crippen molar-refractivity contribution < 1.29 is 9.59 Å². The van der Waals surface area contributed by atoms with Crippen LogP contribution >= 0.6 is 0 Å².